The second-order valence-electron chi connectivity index (χ2n) is 7.62. The van der Waals surface area contributed by atoms with Gasteiger partial charge in [0.05, 0.1) is 4.90 Å². The Labute approximate surface area is 180 Å². The third-order valence-electron chi connectivity index (χ3n) is 5.24. The third-order valence-corrected chi connectivity index (χ3v) is 6.77. The van der Waals surface area contributed by atoms with Crippen molar-refractivity contribution in [2.75, 3.05) is 19.0 Å². The van der Waals surface area contributed by atoms with Crippen molar-refractivity contribution in [3.8, 4) is 0 Å². The highest BCUT2D eigenvalue weighted by Gasteiger charge is 2.27. The monoisotopic (exact) mass is 437 g/mol. The van der Waals surface area contributed by atoms with Gasteiger partial charge in [0.25, 0.3) is 0 Å². The zero-order valence-corrected chi connectivity index (χ0v) is 18.0. The number of nitrogens with zero attached hydrogens (tertiary/aromatic N) is 1. The van der Waals surface area contributed by atoms with Crippen LogP contribution in [0.1, 0.15) is 5.69 Å². The standard InChI is InChI=1S/C23H23N3O4S/c1-26(2)21-11-5-9-18-17(21)8-6-12-22(18)31(29,30)25-20(23(27)28)14-16-13-15-7-3-4-10-19(15)24-16/h3-13,20,24-25H,14H2,1-2H3,(H,27,28)/t20-/m1/s1. The summed E-state index contributed by atoms with van der Waals surface area (Å²) in [6.45, 7) is 0. The summed E-state index contributed by atoms with van der Waals surface area (Å²) in [5.74, 6) is -1.24. The fourth-order valence-electron chi connectivity index (χ4n) is 3.78. The second kappa shape index (κ2) is 8.05. The molecule has 0 fully saturated rings. The lowest BCUT2D eigenvalue weighted by molar-refractivity contribution is -0.138. The first-order chi connectivity index (χ1) is 14.8. The van der Waals surface area contributed by atoms with Crippen molar-refractivity contribution in [1.82, 2.24) is 9.71 Å². The summed E-state index contributed by atoms with van der Waals surface area (Å²) in [7, 11) is -0.319. The Morgan fingerprint density at radius 2 is 1.74 bits per heavy atom. The molecule has 1 heterocycles. The van der Waals surface area contributed by atoms with Crippen molar-refractivity contribution >= 4 is 43.4 Å². The van der Waals surface area contributed by atoms with Gasteiger partial charge in [-0.15, -0.1) is 0 Å². The Balaban J connectivity index is 1.69. The molecule has 4 aromatic rings. The maximum Gasteiger partial charge on any atom is 0.322 e. The largest absolute Gasteiger partial charge is 0.480 e. The first kappa shape index (κ1) is 20.9. The molecule has 0 aliphatic rings. The molecule has 8 heteroatoms. The van der Waals surface area contributed by atoms with Gasteiger partial charge in [0.2, 0.25) is 10.0 Å². The number of benzene rings is 3. The fraction of sp³-hybridized carbons (Fsp3) is 0.174. The van der Waals surface area contributed by atoms with E-state index in [0.717, 1.165) is 22.0 Å². The van der Waals surface area contributed by atoms with E-state index >= 15 is 0 Å². The van der Waals surface area contributed by atoms with E-state index in [9.17, 15) is 18.3 Å². The van der Waals surface area contributed by atoms with Crippen LogP contribution in [0.15, 0.2) is 71.6 Å². The lowest BCUT2D eigenvalue weighted by Crippen LogP contribution is -2.42. The molecular formula is C23H23N3O4S. The van der Waals surface area contributed by atoms with Crippen LogP contribution in [-0.4, -0.2) is 44.6 Å². The number of carbonyl (C=O) groups is 1. The van der Waals surface area contributed by atoms with Crippen LogP contribution in [0.4, 0.5) is 5.69 Å². The fourth-order valence-corrected chi connectivity index (χ4v) is 5.19. The number of nitrogens with one attached hydrogen (secondary N) is 2. The van der Waals surface area contributed by atoms with Crippen molar-refractivity contribution < 1.29 is 18.3 Å². The molecule has 1 atom stereocenters. The van der Waals surface area contributed by atoms with Crippen LogP contribution in [0.5, 0.6) is 0 Å². The predicted octanol–water partition coefficient (Wildman–Crippen LogP) is 3.36. The number of carboxylic acid groups (broad SMARTS) is 1. The van der Waals surface area contributed by atoms with E-state index in [1.165, 1.54) is 6.07 Å². The lowest BCUT2D eigenvalue weighted by atomic mass is 10.1. The Morgan fingerprint density at radius 1 is 1.03 bits per heavy atom. The number of H-pyrrole nitrogens is 1. The lowest BCUT2D eigenvalue weighted by Gasteiger charge is -2.18. The number of fused-ring (bicyclic) bond motifs is 2. The Bertz CT molecular complexity index is 1340. The Morgan fingerprint density at radius 3 is 2.45 bits per heavy atom. The van der Waals surface area contributed by atoms with Gasteiger partial charge >= 0.3 is 5.97 Å². The first-order valence-electron chi connectivity index (χ1n) is 9.77. The minimum absolute atomic E-state index is 0.00302. The molecule has 0 radical (unpaired) electrons. The first-order valence-corrected chi connectivity index (χ1v) is 11.3. The molecule has 0 aliphatic heterocycles. The summed E-state index contributed by atoms with van der Waals surface area (Å²) < 4.78 is 28.8. The summed E-state index contributed by atoms with van der Waals surface area (Å²) in [6, 6.07) is 18.5. The normalized spacial score (nSPS) is 12.8. The topological polar surface area (TPSA) is 103 Å². The van der Waals surface area contributed by atoms with Gasteiger partial charge < -0.3 is 15.0 Å². The minimum Gasteiger partial charge on any atom is -0.480 e. The minimum atomic E-state index is -4.09. The number of aromatic amines is 1. The zero-order chi connectivity index (χ0) is 22.2. The molecule has 0 unspecified atom stereocenters. The van der Waals surface area contributed by atoms with Crippen molar-refractivity contribution in [2.45, 2.75) is 17.4 Å². The van der Waals surface area contributed by atoms with Crippen LogP contribution in [0, 0.1) is 0 Å². The second-order valence-corrected chi connectivity index (χ2v) is 9.30. The Hall–Kier alpha value is -3.36. The van der Waals surface area contributed by atoms with Gasteiger partial charge in [0.1, 0.15) is 6.04 Å². The molecule has 7 nitrogen and oxygen atoms in total. The molecule has 4 rings (SSSR count). The molecule has 0 spiro atoms. The number of rotatable bonds is 7. The van der Waals surface area contributed by atoms with Crippen molar-refractivity contribution in [2.24, 2.45) is 0 Å². The average molecular weight is 438 g/mol. The molecule has 3 aromatic carbocycles. The number of anilines is 1. The Kier molecular flexibility index (Phi) is 5.43. The van der Waals surface area contributed by atoms with Crippen LogP contribution in [0.25, 0.3) is 21.7 Å². The van der Waals surface area contributed by atoms with E-state index < -0.39 is 22.0 Å². The summed E-state index contributed by atoms with van der Waals surface area (Å²) in [6.07, 6.45) is -0.00302. The number of hydrogen-bond donors (Lipinski definition) is 3. The van der Waals surface area contributed by atoms with Gasteiger partial charge in [-0.2, -0.15) is 4.72 Å². The average Bonchev–Trinajstić information content (AvgIpc) is 3.14. The van der Waals surface area contributed by atoms with Crippen LogP contribution in [0.2, 0.25) is 0 Å². The third kappa shape index (κ3) is 4.12. The number of aromatic nitrogens is 1. The number of carboxylic acids is 1. The van der Waals surface area contributed by atoms with Crippen LogP contribution < -0.4 is 9.62 Å². The van der Waals surface area contributed by atoms with Gasteiger partial charge in [0, 0.05) is 48.2 Å². The van der Waals surface area contributed by atoms with Gasteiger partial charge in [-0.05, 0) is 29.7 Å². The number of para-hydroxylation sites is 1. The molecule has 31 heavy (non-hydrogen) atoms. The predicted molar refractivity (Wildman–Crippen MR) is 122 cm³/mol. The maximum absolute atomic E-state index is 13.2. The zero-order valence-electron chi connectivity index (χ0n) is 17.2. The molecule has 0 saturated carbocycles. The highest BCUT2D eigenvalue weighted by molar-refractivity contribution is 7.89. The summed E-state index contributed by atoms with van der Waals surface area (Å²) in [5, 5.41) is 12.0. The quantitative estimate of drug-likeness (QED) is 0.411. The van der Waals surface area contributed by atoms with Crippen LogP contribution in [-0.2, 0) is 21.2 Å². The number of hydrogen-bond acceptors (Lipinski definition) is 4. The molecule has 160 valence electrons. The van der Waals surface area contributed by atoms with E-state index in [1.54, 1.807) is 18.2 Å². The molecular weight excluding hydrogens is 414 g/mol. The molecule has 3 N–H and O–H groups in total. The van der Waals surface area contributed by atoms with E-state index in [-0.39, 0.29) is 11.3 Å². The number of aliphatic carboxylic acids is 1. The highest BCUT2D eigenvalue weighted by Crippen LogP contribution is 2.30. The van der Waals surface area contributed by atoms with Gasteiger partial charge in [-0.25, -0.2) is 8.42 Å². The molecule has 1 aromatic heterocycles. The summed E-state index contributed by atoms with van der Waals surface area (Å²) >= 11 is 0. The van der Waals surface area contributed by atoms with Gasteiger partial charge in [-0.1, -0.05) is 42.5 Å². The van der Waals surface area contributed by atoms with E-state index in [0.29, 0.717) is 11.1 Å². The highest BCUT2D eigenvalue weighted by atomic mass is 32.2. The smallest absolute Gasteiger partial charge is 0.322 e. The van der Waals surface area contributed by atoms with Gasteiger partial charge in [-0.3, -0.25) is 4.79 Å². The van der Waals surface area contributed by atoms with Crippen LogP contribution in [0.3, 0.4) is 0 Å². The van der Waals surface area contributed by atoms with Crippen LogP contribution >= 0.6 is 0 Å². The molecule has 0 saturated heterocycles. The van der Waals surface area contributed by atoms with Crippen molar-refractivity contribution in [3.05, 3.63) is 72.4 Å². The maximum atomic E-state index is 13.2. The van der Waals surface area contributed by atoms with E-state index in [4.69, 9.17) is 0 Å². The molecule has 0 bridgehead atoms. The molecule has 0 amide bonds. The summed E-state index contributed by atoms with van der Waals surface area (Å²) in [5.41, 5.74) is 2.39. The van der Waals surface area contributed by atoms with E-state index in [2.05, 4.69) is 9.71 Å². The van der Waals surface area contributed by atoms with E-state index in [1.807, 2.05) is 61.5 Å². The summed E-state index contributed by atoms with van der Waals surface area (Å²) in [4.78, 5) is 17.0. The SMILES string of the molecule is CN(C)c1cccc2c(S(=O)(=O)N[C@H](Cc3cc4ccccc4[nH]3)C(=O)O)cccc12. The molecule has 0 aliphatic carbocycles. The van der Waals surface area contributed by atoms with Crippen molar-refractivity contribution in [1.29, 1.82) is 0 Å². The van der Waals surface area contributed by atoms with Crippen molar-refractivity contribution in [3.63, 3.8) is 0 Å². The van der Waals surface area contributed by atoms with Gasteiger partial charge in [0.15, 0.2) is 0 Å². The number of sulfonamides is 1.